The Bertz CT molecular complexity index is 457. The molecule has 2 nitrogen and oxygen atoms in total. The molecule has 0 aliphatic heterocycles. The van der Waals surface area contributed by atoms with Crippen molar-refractivity contribution in [3.05, 3.63) is 34.9 Å². The first-order valence-electron chi connectivity index (χ1n) is 9.31. The summed E-state index contributed by atoms with van der Waals surface area (Å²) in [5.41, 5.74) is 4.43. The van der Waals surface area contributed by atoms with Crippen molar-refractivity contribution in [3.63, 3.8) is 0 Å². The number of amides is 1. The van der Waals surface area contributed by atoms with Crippen LogP contribution in [0.15, 0.2) is 34.9 Å². The Kier molecular flexibility index (Phi) is 11.4. The Morgan fingerprint density at radius 3 is 1.92 bits per heavy atom. The average Bonchev–Trinajstić information content (AvgIpc) is 2.44. The van der Waals surface area contributed by atoms with Gasteiger partial charge in [0.05, 0.1) is 0 Å². The molecule has 0 aromatic carbocycles. The summed E-state index contributed by atoms with van der Waals surface area (Å²) in [7, 11) is 0. The molecule has 0 aliphatic rings. The molecule has 1 amide bonds. The molecule has 0 aromatic heterocycles. The normalized spacial score (nSPS) is 13.0. The van der Waals surface area contributed by atoms with Gasteiger partial charge in [-0.2, -0.15) is 0 Å². The topological polar surface area (TPSA) is 29.1 Å². The number of hydrogen-bond acceptors (Lipinski definition) is 1. The molecule has 0 aromatic rings. The highest BCUT2D eigenvalue weighted by Gasteiger charge is 2.12. The van der Waals surface area contributed by atoms with E-state index >= 15 is 0 Å². The lowest BCUT2D eigenvalue weighted by Gasteiger charge is -2.17. The third-order valence-corrected chi connectivity index (χ3v) is 3.97. The molecule has 0 rings (SSSR count). The SMILES string of the molecule is CC(C)=CCC/C(C)=C/CC/C(C)=C/CNC(=O)CCC(C)(C)C. The number of allylic oxidation sites excluding steroid dienone is 5. The Labute approximate surface area is 150 Å². The van der Waals surface area contributed by atoms with Crippen LogP contribution in [-0.4, -0.2) is 12.5 Å². The molecule has 0 unspecified atom stereocenters. The molecule has 0 saturated heterocycles. The zero-order valence-electron chi connectivity index (χ0n) is 17.1. The summed E-state index contributed by atoms with van der Waals surface area (Å²) >= 11 is 0. The van der Waals surface area contributed by atoms with E-state index in [1.54, 1.807) is 0 Å². The Hall–Kier alpha value is -1.31. The van der Waals surface area contributed by atoms with Crippen LogP contribution in [-0.2, 0) is 4.79 Å². The fourth-order valence-corrected chi connectivity index (χ4v) is 2.25. The lowest BCUT2D eigenvalue weighted by Crippen LogP contribution is -2.24. The van der Waals surface area contributed by atoms with Crippen LogP contribution in [0.5, 0.6) is 0 Å². The van der Waals surface area contributed by atoms with Gasteiger partial charge in [-0.1, -0.05) is 55.7 Å². The minimum atomic E-state index is 0.156. The van der Waals surface area contributed by atoms with Gasteiger partial charge in [-0.25, -0.2) is 0 Å². The van der Waals surface area contributed by atoms with E-state index in [9.17, 15) is 4.79 Å². The highest BCUT2D eigenvalue weighted by Crippen LogP contribution is 2.20. The molecule has 2 heteroatoms. The minimum Gasteiger partial charge on any atom is -0.353 e. The summed E-state index contributed by atoms with van der Waals surface area (Å²) < 4.78 is 0. The number of hydrogen-bond donors (Lipinski definition) is 1. The molecule has 138 valence electrons. The molecule has 0 spiro atoms. The van der Waals surface area contributed by atoms with Gasteiger partial charge in [0.25, 0.3) is 0 Å². The molecule has 0 radical (unpaired) electrons. The van der Waals surface area contributed by atoms with Crippen LogP contribution in [0.4, 0.5) is 0 Å². The van der Waals surface area contributed by atoms with Crippen molar-refractivity contribution in [1.82, 2.24) is 5.32 Å². The number of carbonyl (C=O) groups excluding carboxylic acids is 1. The van der Waals surface area contributed by atoms with Crippen LogP contribution in [0.3, 0.4) is 0 Å². The van der Waals surface area contributed by atoms with Gasteiger partial charge in [-0.15, -0.1) is 0 Å². The van der Waals surface area contributed by atoms with E-state index in [-0.39, 0.29) is 11.3 Å². The quantitative estimate of drug-likeness (QED) is 0.464. The summed E-state index contributed by atoms with van der Waals surface area (Å²) in [5, 5.41) is 2.99. The van der Waals surface area contributed by atoms with Crippen molar-refractivity contribution in [1.29, 1.82) is 0 Å². The second-order valence-corrected chi connectivity index (χ2v) is 8.32. The zero-order valence-corrected chi connectivity index (χ0v) is 17.1. The van der Waals surface area contributed by atoms with Crippen molar-refractivity contribution >= 4 is 5.91 Å². The molecule has 0 saturated carbocycles. The van der Waals surface area contributed by atoms with Crippen molar-refractivity contribution in [2.75, 3.05) is 6.54 Å². The summed E-state index contributed by atoms with van der Waals surface area (Å²) in [6.07, 6.45) is 12.8. The molecular formula is C22H39NO. The van der Waals surface area contributed by atoms with E-state index < -0.39 is 0 Å². The van der Waals surface area contributed by atoms with Crippen LogP contribution in [0, 0.1) is 5.41 Å². The average molecular weight is 334 g/mol. The van der Waals surface area contributed by atoms with E-state index in [0.29, 0.717) is 13.0 Å². The van der Waals surface area contributed by atoms with E-state index in [1.807, 2.05) is 0 Å². The third kappa shape index (κ3) is 15.6. The molecule has 24 heavy (non-hydrogen) atoms. The largest absolute Gasteiger partial charge is 0.353 e. The zero-order chi connectivity index (χ0) is 18.6. The van der Waals surface area contributed by atoms with Crippen LogP contribution in [0.25, 0.3) is 0 Å². The second kappa shape index (κ2) is 12.1. The van der Waals surface area contributed by atoms with E-state index in [0.717, 1.165) is 32.1 Å². The summed E-state index contributed by atoms with van der Waals surface area (Å²) in [5.74, 6) is 0.156. The predicted molar refractivity (Wildman–Crippen MR) is 107 cm³/mol. The minimum absolute atomic E-state index is 0.156. The van der Waals surface area contributed by atoms with Crippen LogP contribution >= 0.6 is 0 Å². The van der Waals surface area contributed by atoms with Crippen LogP contribution in [0.1, 0.15) is 87.0 Å². The summed E-state index contributed by atoms with van der Waals surface area (Å²) in [4.78, 5) is 11.8. The third-order valence-electron chi connectivity index (χ3n) is 3.97. The smallest absolute Gasteiger partial charge is 0.220 e. The van der Waals surface area contributed by atoms with E-state index in [2.05, 4.69) is 72.0 Å². The molecule has 0 bridgehead atoms. The van der Waals surface area contributed by atoms with Gasteiger partial charge in [0.2, 0.25) is 5.91 Å². The first-order chi connectivity index (χ1) is 11.1. The fourth-order valence-electron chi connectivity index (χ4n) is 2.25. The number of rotatable bonds is 10. The van der Waals surface area contributed by atoms with Crippen LogP contribution in [0.2, 0.25) is 0 Å². The molecule has 0 heterocycles. The first kappa shape index (κ1) is 22.7. The number of carbonyl (C=O) groups is 1. The molecule has 0 atom stereocenters. The monoisotopic (exact) mass is 333 g/mol. The standard InChI is InChI=1S/C22H39NO/c1-18(2)10-8-11-19(3)12-9-13-20(4)15-17-23-21(24)14-16-22(5,6)7/h10,12,15H,8-9,11,13-14,16-17H2,1-7H3,(H,23,24)/b19-12+,20-15+. The Morgan fingerprint density at radius 1 is 0.833 bits per heavy atom. The fraction of sp³-hybridized carbons (Fsp3) is 0.682. The van der Waals surface area contributed by atoms with Gasteiger partial charge < -0.3 is 5.32 Å². The predicted octanol–water partition coefficient (Wildman–Crippen LogP) is 6.35. The van der Waals surface area contributed by atoms with E-state index in [4.69, 9.17) is 0 Å². The molecule has 0 aliphatic carbocycles. The first-order valence-corrected chi connectivity index (χ1v) is 9.31. The van der Waals surface area contributed by atoms with Gasteiger partial charge in [-0.05, 0) is 65.2 Å². The Balaban J connectivity index is 3.94. The maximum atomic E-state index is 11.8. The van der Waals surface area contributed by atoms with E-state index in [1.165, 1.54) is 16.7 Å². The highest BCUT2D eigenvalue weighted by molar-refractivity contribution is 5.76. The van der Waals surface area contributed by atoms with Gasteiger partial charge in [0, 0.05) is 13.0 Å². The maximum absolute atomic E-state index is 11.8. The van der Waals surface area contributed by atoms with Crippen molar-refractivity contribution in [2.45, 2.75) is 87.0 Å². The lowest BCUT2D eigenvalue weighted by molar-refractivity contribution is -0.121. The molecule has 1 N–H and O–H groups in total. The summed E-state index contributed by atoms with van der Waals surface area (Å²) in [6, 6.07) is 0. The second-order valence-electron chi connectivity index (χ2n) is 8.32. The van der Waals surface area contributed by atoms with Crippen LogP contribution < -0.4 is 5.32 Å². The summed E-state index contributed by atoms with van der Waals surface area (Å²) in [6.45, 7) is 15.8. The molecular weight excluding hydrogens is 294 g/mol. The van der Waals surface area contributed by atoms with Crippen molar-refractivity contribution < 1.29 is 4.79 Å². The van der Waals surface area contributed by atoms with Crippen molar-refractivity contribution in [3.8, 4) is 0 Å². The molecule has 0 fully saturated rings. The Morgan fingerprint density at radius 2 is 1.38 bits per heavy atom. The van der Waals surface area contributed by atoms with Crippen molar-refractivity contribution in [2.24, 2.45) is 5.41 Å². The van der Waals surface area contributed by atoms with Gasteiger partial charge >= 0.3 is 0 Å². The lowest BCUT2D eigenvalue weighted by atomic mass is 9.90. The van der Waals surface area contributed by atoms with Gasteiger partial charge in [0.15, 0.2) is 0 Å². The van der Waals surface area contributed by atoms with Gasteiger partial charge in [0.1, 0.15) is 0 Å². The maximum Gasteiger partial charge on any atom is 0.220 e. The number of nitrogens with one attached hydrogen (secondary N) is 1. The highest BCUT2D eigenvalue weighted by atomic mass is 16.1. The van der Waals surface area contributed by atoms with Gasteiger partial charge in [-0.3, -0.25) is 4.79 Å².